The van der Waals surface area contributed by atoms with Gasteiger partial charge in [-0.3, -0.25) is 4.79 Å². The van der Waals surface area contributed by atoms with Crippen molar-refractivity contribution in [3.63, 3.8) is 0 Å². The summed E-state index contributed by atoms with van der Waals surface area (Å²) in [4.78, 5) is 10.9. The second-order valence-electron chi connectivity index (χ2n) is 1.77. The van der Waals surface area contributed by atoms with E-state index in [1.54, 1.807) is 0 Å². The van der Waals surface area contributed by atoms with Gasteiger partial charge in [-0.2, -0.15) is 0 Å². The number of carbonyl (C=O) groups is 1. The first kappa shape index (κ1) is 7.35. The topological polar surface area (TPSA) is 55.1 Å². The third-order valence-corrected chi connectivity index (χ3v) is 1.02. The summed E-state index contributed by atoms with van der Waals surface area (Å²) in [6.45, 7) is 0.200. The maximum Gasteiger partial charge on any atom is 0.274 e. The number of terminal acetylenes is 1. The van der Waals surface area contributed by atoms with Gasteiger partial charge in [0.25, 0.3) is 5.91 Å². The minimum atomic E-state index is -0.322. The summed E-state index contributed by atoms with van der Waals surface area (Å²) in [7, 11) is 0. The molecule has 56 valence electrons. The monoisotopic (exact) mass is 150 g/mol. The summed E-state index contributed by atoms with van der Waals surface area (Å²) < 4.78 is 4.45. The molecule has 1 rings (SSSR count). The molecule has 0 saturated carbocycles. The molecule has 0 atom stereocenters. The molecule has 0 fully saturated rings. The smallest absolute Gasteiger partial charge is 0.274 e. The lowest BCUT2D eigenvalue weighted by molar-refractivity contribution is 0.0949. The van der Waals surface area contributed by atoms with Gasteiger partial charge >= 0.3 is 0 Å². The van der Waals surface area contributed by atoms with Crippen molar-refractivity contribution in [1.29, 1.82) is 0 Å². The average Bonchev–Trinajstić information content (AvgIpc) is 2.52. The van der Waals surface area contributed by atoms with E-state index >= 15 is 0 Å². The van der Waals surface area contributed by atoms with E-state index < -0.39 is 0 Å². The number of hydrogen-bond acceptors (Lipinski definition) is 3. The maximum absolute atomic E-state index is 10.9. The third-order valence-electron chi connectivity index (χ3n) is 1.02. The van der Waals surface area contributed by atoms with Crippen molar-refractivity contribution in [2.45, 2.75) is 0 Å². The molecule has 0 unspecified atom stereocenters. The molecule has 1 aromatic rings. The fraction of sp³-hybridized carbons (Fsp3) is 0.143. The molecule has 1 amide bonds. The lowest BCUT2D eigenvalue weighted by atomic mass is 10.4. The predicted octanol–water partition coefficient (Wildman–Crippen LogP) is 0.0376. The lowest BCUT2D eigenvalue weighted by Crippen LogP contribution is -2.23. The summed E-state index contributed by atoms with van der Waals surface area (Å²) in [5.41, 5.74) is 0.236. The Bertz CT molecular complexity index is 271. The average molecular weight is 150 g/mol. The number of hydrogen-bond donors (Lipinski definition) is 1. The van der Waals surface area contributed by atoms with Crippen LogP contribution in [-0.4, -0.2) is 17.6 Å². The summed E-state index contributed by atoms with van der Waals surface area (Å²) in [6, 6.07) is 1.46. The van der Waals surface area contributed by atoms with Gasteiger partial charge < -0.3 is 9.84 Å². The first-order valence-electron chi connectivity index (χ1n) is 2.96. The molecule has 4 nitrogen and oxygen atoms in total. The van der Waals surface area contributed by atoms with Crippen LogP contribution < -0.4 is 5.32 Å². The van der Waals surface area contributed by atoms with Crippen LogP contribution in [0.1, 0.15) is 10.5 Å². The number of nitrogens with zero attached hydrogens (tertiary/aromatic N) is 1. The van der Waals surface area contributed by atoms with E-state index in [1.165, 1.54) is 12.3 Å². The molecule has 0 aliphatic rings. The second-order valence-corrected chi connectivity index (χ2v) is 1.77. The van der Waals surface area contributed by atoms with Gasteiger partial charge in [-0.1, -0.05) is 11.1 Å². The minimum absolute atomic E-state index is 0.200. The van der Waals surface area contributed by atoms with Crippen LogP contribution in [0, 0.1) is 12.3 Å². The molecule has 11 heavy (non-hydrogen) atoms. The van der Waals surface area contributed by atoms with Crippen molar-refractivity contribution in [1.82, 2.24) is 10.5 Å². The highest BCUT2D eigenvalue weighted by Crippen LogP contribution is 1.92. The van der Waals surface area contributed by atoms with E-state index in [0.717, 1.165) is 0 Å². The van der Waals surface area contributed by atoms with E-state index in [4.69, 9.17) is 6.42 Å². The van der Waals surface area contributed by atoms with Gasteiger partial charge in [-0.05, 0) is 0 Å². The molecule has 0 radical (unpaired) electrons. The van der Waals surface area contributed by atoms with Gasteiger partial charge in [0.1, 0.15) is 6.26 Å². The zero-order valence-corrected chi connectivity index (χ0v) is 5.70. The molecular weight excluding hydrogens is 144 g/mol. The molecule has 0 spiro atoms. The van der Waals surface area contributed by atoms with Crippen LogP contribution in [0.4, 0.5) is 0 Å². The van der Waals surface area contributed by atoms with E-state index in [2.05, 4.69) is 20.9 Å². The first-order chi connectivity index (χ1) is 5.34. The van der Waals surface area contributed by atoms with Crippen LogP contribution in [-0.2, 0) is 0 Å². The van der Waals surface area contributed by atoms with Crippen LogP contribution in [0.2, 0.25) is 0 Å². The zero-order valence-electron chi connectivity index (χ0n) is 5.70. The highest BCUT2D eigenvalue weighted by atomic mass is 16.5. The van der Waals surface area contributed by atoms with Gasteiger partial charge in [0.15, 0.2) is 5.69 Å². The number of rotatable bonds is 2. The standard InChI is InChI=1S/C7H6N2O2/c1-2-4-8-7(10)6-3-5-11-9-6/h1,3,5H,4H2,(H,8,10). The van der Waals surface area contributed by atoms with Crippen molar-refractivity contribution in [2.75, 3.05) is 6.54 Å². The molecule has 0 bridgehead atoms. The van der Waals surface area contributed by atoms with Crippen molar-refractivity contribution in [3.05, 3.63) is 18.0 Å². The largest absolute Gasteiger partial charge is 0.364 e. The number of carbonyl (C=O) groups excluding carboxylic acids is 1. The van der Waals surface area contributed by atoms with E-state index in [1.807, 2.05) is 0 Å². The van der Waals surface area contributed by atoms with Gasteiger partial charge in [0.05, 0.1) is 6.54 Å². The Morgan fingerprint density at radius 1 is 1.91 bits per heavy atom. The maximum atomic E-state index is 10.9. The fourth-order valence-electron chi connectivity index (χ4n) is 0.552. The van der Waals surface area contributed by atoms with Crippen molar-refractivity contribution >= 4 is 5.91 Å². The van der Waals surface area contributed by atoms with Crippen molar-refractivity contribution in [3.8, 4) is 12.3 Å². The zero-order chi connectivity index (χ0) is 8.10. The summed E-state index contributed by atoms with van der Waals surface area (Å²) in [5, 5.41) is 5.85. The molecule has 0 aliphatic heterocycles. The summed E-state index contributed by atoms with van der Waals surface area (Å²) >= 11 is 0. The lowest BCUT2D eigenvalue weighted by Gasteiger charge is -1.93. The second kappa shape index (κ2) is 3.42. The predicted molar refractivity (Wildman–Crippen MR) is 37.7 cm³/mol. The molecule has 1 heterocycles. The van der Waals surface area contributed by atoms with Crippen LogP contribution in [0.25, 0.3) is 0 Å². The normalized spacial score (nSPS) is 8.64. The Morgan fingerprint density at radius 2 is 2.73 bits per heavy atom. The highest BCUT2D eigenvalue weighted by molar-refractivity contribution is 5.92. The Kier molecular flexibility index (Phi) is 2.28. The number of aromatic nitrogens is 1. The van der Waals surface area contributed by atoms with Gasteiger partial charge in [-0.25, -0.2) is 0 Å². The summed E-state index contributed by atoms with van der Waals surface area (Å²) in [5.74, 6) is 1.95. The van der Waals surface area contributed by atoms with E-state index in [-0.39, 0.29) is 18.1 Å². The molecule has 1 aromatic heterocycles. The van der Waals surface area contributed by atoms with E-state index in [0.29, 0.717) is 0 Å². The van der Waals surface area contributed by atoms with Crippen LogP contribution >= 0.6 is 0 Å². The minimum Gasteiger partial charge on any atom is -0.364 e. The van der Waals surface area contributed by atoms with Crippen molar-refractivity contribution in [2.24, 2.45) is 0 Å². The molecule has 0 saturated heterocycles. The molecule has 1 N–H and O–H groups in total. The third kappa shape index (κ3) is 1.83. The van der Waals surface area contributed by atoms with Crippen LogP contribution in [0.15, 0.2) is 16.9 Å². The molecular formula is C7H6N2O2. The molecule has 0 aromatic carbocycles. The number of amides is 1. The molecule has 4 heteroatoms. The fourth-order valence-corrected chi connectivity index (χ4v) is 0.552. The molecule has 0 aliphatic carbocycles. The van der Waals surface area contributed by atoms with Gasteiger partial charge in [0, 0.05) is 6.07 Å². The van der Waals surface area contributed by atoms with Crippen LogP contribution in [0.3, 0.4) is 0 Å². The SMILES string of the molecule is C#CCNC(=O)c1ccon1. The van der Waals surface area contributed by atoms with Gasteiger partial charge in [-0.15, -0.1) is 6.42 Å². The highest BCUT2D eigenvalue weighted by Gasteiger charge is 2.05. The Balaban J connectivity index is 2.51. The quantitative estimate of drug-likeness (QED) is 0.605. The van der Waals surface area contributed by atoms with Gasteiger partial charge in [0.2, 0.25) is 0 Å². The Hall–Kier alpha value is -1.76. The first-order valence-corrected chi connectivity index (χ1v) is 2.96. The van der Waals surface area contributed by atoms with Crippen molar-refractivity contribution < 1.29 is 9.32 Å². The van der Waals surface area contributed by atoms with Crippen LogP contribution in [0.5, 0.6) is 0 Å². The Labute approximate surface area is 63.6 Å². The Morgan fingerprint density at radius 3 is 3.27 bits per heavy atom. The van der Waals surface area contributed by atoms with E-state index in [9.17, 15) is 4.79 Å². The summed E-state index contributed by atoms with van der Waals surface area (Å²) in [6.07, 6.45) is 6.25. The number of nitrogens with one attached hydrogen (secondary N) is 1.